The number of thiophene rings is 1. The first-order valence-corrected chi connectivity index (χ1v) is 11.2. The Morgan fingerprint density at radius 3 is 2.64 bits per heavy atom. The summed E-state index contributed by atoms with van der Waals surface area (Å²) < 4.78 is 20.2. The molecule has 9 heteroatoms. The van der Waals surface area contributed by atoms with Crippen LogP contribution in [0.15, 0.2) is 54.6 Å². The fraction of sp³-hybridized carbons (Fsp3) is 0.208. The Kier molecular flexibility index (Phi) is 6.41. The minimum Gasteiger partial charge on any atom is -0.497 e. The molecule has 0 aliphatic carbocycles. The van der Waals surface area contributed by atoms with E-state index in [0.717, 1.165) is 15.9 Å². The number of benzene rings is 2. The van der Waals surface area contributed by atoms with Gasteiger partial charge in [0.15, 0.2) is 0 Å². The molecular weight excluding hydrogens is 443 g/mol. The molecule has 0 saturated carbocycles. The number of fused-ring (bicyclic) bond motifs is 1. The second-order valence-corrected chi connectivity index (χ2v) is 8.43. The molecule has 2 aromatic carbocycles. The molecule has 4 rings (SSSR count). The zero-order valence-corrected chi connectivity index (χ0v) is 19.3. The second-order valence-electron chi connectivity index (χ2n) is 7.40. The zero-order valence-electron chi connectivity index (χ0n) is 18.5. The van der Waals surface area contributed by atoms with Gasteiger partial charge < -0.3 is 15.0 Å². The van der Waals surface area contributed by atoms with Gasteiger partial charge in [0, 0.05) is 23.7 Å². The number of nitrogens with zero attached hydrogens (tertiary/aromatic N) is 3. The van der Waals surface area contributed by atoms with Gasteiger partial charge in [0.1, 0.15) is 22.9 Å². The van der Waals surface area contributed by atoms with Crippen molar-refractivity contribution in [1.82, 2.24) is 14.7 Å². The molecule has 1 N–H and O–H groups in total. The number of amides is 2. The normalized spacial score (nSPS) is 10.9. The summed E-state index contributed by atoms with van der Waals surface area (Å²) in [6.45, 7) is 3.99. The Bertz CT molecular complexity index is 1310. The van der Waals surface area contributed by atoms with E-state index in [1.165, 1.54) is 28.4 Å². The van der Waals surface area contributed by atoms with Gasteiger partial charge >= 0.3 is 0 Å². The van der Waals surface area contributed by atoms with Gasteiger partial charge in [-0.2, -0.15) is 5.10 Å². The van der Waals surface area contributed by atoms with Crippen LogP contribution in [0.5, 0.6) is 5.75 Å². The molecule has 33 heavy (non-hydrogen) atoms. The number of carbonyl (C=O) groups is 2. The maximum absolute atomic E-state index is 13.3. The van der Waals surface area contributed by atoms with Gasteiger partial charge in [-0.1, -0.05) is 6.07 Å². The molecule has 0 radical (unpaired) electrons. The van der Waals surface area contributed by atoms with Gasteiger partial charge in [-0.25, -0.2) is 9.07 Å². The largest absolute Gasteiger partial charge is 0.497 e. The van der Waals surface area contributed by atoms with Crippen molar-refractivity contribution < 1.29 is 18.7 Å². The average Bonchev–Trinajstić information content (AvgIpc) is 3.38. The van der Waals surface area contributed by atoms with E-state index < -0.39 is 0 Å². The number of methoxy groups -OCH3 is 1. The first-order valence-electron chi connectivity index (χ1n) is 10.4. The maximum Gasteiger partial charge on any atom is 0.264 e. The van der Waals surface area contributed by atoms with E-state index in [9.17, 15) is 14.0 Å². The molecule has 2 heterocycles. The molecule has 170 valence electrons. The smallest absolute Gasteiger partial charge is 0.264 e. The molecule has 0 fully saturated rings. The molecule has 0 aliphatic heterocycles. The lowest BCUT2D eigenvalue weighted by molar-refractivity contribution is -0.116. The number of nitrogens with one attached hydrogen (secondary N) is 1. The molecular formula is C24H23FN4O3S. The predicted octanol–water partition coefficient (Wildman–Crippen LogP) is 4.64. The third-order valence-corrected chi connectivity index (χ3v) is 6.28. The molecule has 0 atom stereocenters. The Balaban J connectivity index is 1.54. The Morgan fingerprint density at radius 1 is 1.18 bits per heavy atom. The van der Waals surface area contributed by atoms with Crippen molar-refractivity contribution in [3.8, 4) is 11.4 Å². The molecule has 0 unspecified atom stereocenters. The van der Waals surface area contributed by atoms with Crippen molar-refractivity contribution >= 4 is 39.1 Å². The minimum atomic E-state index is -0.327. The number of rotatable bonds is 7. The van der Waals surface area contributed by atoms with E-state index in [-0.39, 0.29) is 24.2 Å². The first kappa shape index (κ1) is 22.5. The molecule has 7 nitrogen and oxygen atoms in total. The van der Waals surface area contributed by atoms with E-state index in [1.807, 2.05) is 13.8 Å². The summed E-state index contributed by atoms with van der Waals surface area (Å²) >= 11 is 1.30. The monoisotopic (exact) mass is 466 g/mol. The van der Waals surface area contributed by atoms with Crippen molar-refractivity contribution in [2.24, 2.45) is 0 Å². The lowest BCUT2D eigenvalue weighted by Crippen LogP contribution is -2.37. The third kappa shape index (κ3) is 4.73. The summed E-state index contributed by atoms with van der Waals surface area (Å²) in [5, 5.41) is 8.18. The summed E-state index contributed by atoms with van der Waals surface area (Å²) in [5.41, 5.74) is 2.07. The standard InChI is InChI=1S/C24H23FN4O3S/c1-4-28(14-22(30)26-17-6-5-7-19(12-17)32-3)23(31)21-13-20-15(2)27-29(24(20)33-21)18-10-8-16(25)9-11-18/h5-13H,4,14H2,1-3H3,(H,26,30). The van der Waals surface area contributed by atoms with Crippen molar-refractivity contribution in [3.63, 3.8) is 0 Å². The minimum absolute atomic E-state index is 0.0795. The lowest BCUT2D eigenvalue weighted by atomic mass is 10.2. The molecule has 2 aromatic heterocycles. The van der Waals surface area contributed by atoms with Crippen molar-refractivity contribution in [1.29, 1.82) is 0 Å². The van der Waals surface area contributed by atoms with Gasteiger partial charge in [0.05, 0.1) is 23.4 Å². The predicted molar refractivity (Wildman–Crippen MR) is 127 cm³/mol. The molecule has 4 aromatic rings. The number of aryl methyl sites for hydroxylation is 1. The van der Waals surface area contributed by atoms with E-state index in [4.69, 9.17) is 4.74 Å². The summed E-state index contributed by atoms with van der Waals surface area (Å²) in [4.78, 5) is 28.6. The van der Waals surface area contributed by atoms with Crippen LogP contribution in [0.25, 0.3) is 15.9 Å². The van der Waals surface area contributed by atoms with Crippen LogP contribution in [-0.2, 0) is 4.79 Å². The van der Waals surface area contributed by atoms with Gasteiger partial charge in [0.2, 0.25) is 5.91 Å². The van der Waals surface area contributed by atoms with Crippen LogP contribution in [0.1, 0.15) is 22.3 Å². The summed E-state index contributed by atoms with van der Waals surface area (Å²) in [7, 11) is 1.56. The number of aromatic nitrogens is 2. The van der Waals surface area contributed by atoms with Crippen LogP contribution < -0.4 is 10.1 Å². The third-order valence-electron chi connectivity index (χ3n) is 5.18. The maximum atomic E-state index is 13.3. The molecule has 0 aliphatic rings. The highest BCUT2D eigenvalue weighted by atomic mass is 32.1. The Morgan fingerprint density at radius 2 is 1.94 bits per heavy atom. The molecule has 0 spiro atoms. The number of halogens is 1. The topological polar surface area (TPSA) is 76.5 Å². The number of hydrogen-bond donors (Lipinski definition) is 1. The van der Waals surface area contributed by atoms with Crippen LogP contribution in [0.4, 0.5) is 10.1 Å². The highest BCUT2D eigenvalue weighted by Gasteiger charge is 2.22. The quantitative estimate of drug-likeness (QED) is 0.430. The van der Waals surface area contributed by atoms with Crippen LogP contribution in [0.2, 0.25) is 0 Å². The highest BCUT2D eigenvalue weighted by Crippen LogP contribution is 2.31. The van der Waals surface area contributed by atoms with E-state index in [0.29, 0.717) is 28.5 Å². The van der Waals surface area contributed by atoms with Crippen LogP contribution in [-0.4, -0.2) is 46.7 Å². The van der Waals surface area contributed by atoms with Crippen molar-refractivity contribution in [2.75, 3.05) is 25.5 Å². The number of hydrogen-bond acceptors (Lipinski definition) is 5. The van der Waals surface area contributed by atoms with Crippen molar-refractivity contribution in [2.45, 2.75) is 13.8 Å². The second kappa shape index (κ2) is 9.41. The fourth-order valence-corrected chi connectivity index (χ4v) is 4.62. The zero-order chi connectivity index (χ0) is 23.5. The molecule has 2 amide bonds. The SMILES string of the molecule is CCN(CC(=O)Nc1cccc(OC)c1)C(=O)c1cc2c(C)nn(-c3ccc(F)cc3)c2s1. The number of carbonyl (C=O) groups excluding carboxylic acids is 2. The Labute approximate surface area is 194 Å². The van der Waals surface area contributed by atoms with Gasteiger partial charge in [-0.05, 0) is 56.3 Å². The van der Waals surface area contributed by atoms with Crippen LogP contribution >= 0.6 is 11.3 Å². The van der Waals surface area contributed by atoms with E-state index in [2.05, 4.69) is 10.4 Å². The number of likely N-dealkylation sites (N-methyl/N-ethyl adjacent to an activating group) is 1. The number of ether oxygens (including phenoxy) is 1. The average molecular weight is 467 g/mol. The van der Waals surface area contributed by atoms with E-state index in [1.54, 1.807) is 54.3 Å². The van der Waals surface area contributed by atoms with Crippen molar-refractivity contribution in [3.05, 3.63) is 71.0 Å². The fourth-order valence-electron chi connectivity index (χ4n) is 3.47. The van der Waals surface area contributed by atoms with E-state index >= 15 is 0 Å². The van der Waals surface area contributed by atoms with Gasteiger partial charge in [0.25, 0.3) is 5.91 Å². The summed E-state index contributed by atoms with van der Waals surface area (Å²) in [5.74, 6) is -0.225. The van der Waals surface area contributed by atoms with Gasteiger partial charge in [-0.15, -0.1) is 11.3 Å². The van der Waals surface area contributed by atoms with Crippen LogP contribution in [0.3, 0.4) is 0 Å². The lowest BCUT2D eigenvalue weighted by Gasteiger charge is -2.19. The Hall–Kier alpha value is -3.72. The molecule has 0 saturated heterocycles. The summed E-state index contributed by atoms with van der Waals surface area (Å²) in [6.07, 6.45) is 0. The number of anilines is 1. The first-order chi connectivity index (χ1) is 15.9. The van der Waals surface area contributed by atoms with Crippen LogP contribution in [0, 0.1) is 12.7 Å². The van der Waals surface area contributed by atoms with Gasteiger partial charge in [-0.3, -0.25) is 9.59 Å². The highest BCUT2D eigenvalue weighted by molar-refractivity contribution is 7.20. The summed E-state index contributed by atoms with van der Waals surface area (Å²) in [6, 6.07) is 14.9. The molecule has 0 bridgehead atoms.